The van der Waals surface area contributed by atoms with Gasteiger partial charge in [0.2, 0.25) is 6.79 Å². The van der Waals surface area contributed by atoms with Crippen molar-refractivity contribution in [3.8, 4) is 22.8 Å². The second-order valence-corrected chi connectivity index (χ2v) is 8.62. The number of rotatable bonds is 6. The Balaban J connectivity index is 1.35. The number of aromatic amines is 1. The highest BCUT2D eigenvalue weighted by molar-refractivity contribution is 5.83. The third-order valence-electron chi connectivity index (χ3n) is 6.16. The summed E-state index contributed by atoms with van der Waals surface area (Å²) in [7, 11) is 0. The van der Waals surface area contributed by atoms with Crippen LogP contribution in [-0.2, 0) is 6.42 Å². The molecule has 33 heavy (non-hydrogen) atoms. The molecule has 5 aromatic rings. The zero-order chi connectivity index (χ0) is 22.4. The molecule has 7 nitrogen and oxygen atoms in total. The molecule has 0 amide bonds. The van der Waals surface area contributed by atoms with Crippen LogP contribution in [0.5, 0.6) is 11.5 Å². The first-order valence-electron chi connectivity index (χ1n) is 11.2. The SMILES string of the molecule is CC(C)c1cnn2c(NCCc3c[nH]c4ccccc34)cc(-c3ccc4c(c3)OCO4)nc12. The molecular weight excluding hydrogens is 414 g/mol. The molecule has 2 aromatic carbocycles. The lowest BCUT2D eigenvalue weighted by molar-refractivity contribution is 0.174. The van der Waals surface area contributed by atoms with Gasteiger partial charge in [-0.25, -0.2) is 4.98 Å². The van der Waals surface area contributed by atoms with Crippen molar-refractivity contribution in [3.63, 3.8) is 0 Å². The Bertz CT molecular complexity index is 1470. The maximum absolute atomic E-state index is 5.58. The molecule has 0 unspecified atom stereocenters. The van der Waals surface area contributed by atoms with Crippen LogP contribution in [0.15, 0.2) is 60.9 Å². The van der Waals surface area contributed by atoms with E-state index in [1.165, 1.54) is 10.9 Å². The fraction of sp³-hybridized carbons (Fsp3) is 0.231. The number of H-pyrrole nitrogens is 1. The average molecular weight is 440 g/mol. The first-order chi connectivity index (χ1) is 16.2. The number of fused-ring (bicyclic) bond motifs is 3. The highest BCUT2D eigenvalue weighted by Crippen LogP contribution is 2.36. The second kappa shape index (κ2) is 7.85. The van der Waals surface area contributed by atoms with Gasteiger partial charge in [-0.15, -0.1) is 0 Å². The minimum absolute atomic E-state index is 0.256. The first-order valence-corrected chi connectivity index (χ1v) is 11.2. The van der Waals surface area contributed by atoms with Crippen molar-refractivity contribution in [3.05, 3.63) is 72.1 Å². The molecule has 0 saturated heterocycles. The Morgan fingerprint density at radius 2 is 1.97 bits per heavy atom. The van der Waals surface area contributed by atoms with E-state index in [-0.39, 0.29) is 6.79 Å². The third-order valence-corrected chi connectivity index (χ3v) is 6.16. The number of hydrogen-bond donors (Lipinski definition) is 2. The Labute approximate surface area is 191 Å². The lowest BCUT2D eigenvalue weighted by Crippen LogP contribution is -2.10. The quantitative estimate of drug-likeness (QED) is 0.371. The predicted molar refractivity (Wildman–Crippen MR) is 129 cm³/mol. The highest BCUT2D eigenvalue weighted by Gasteiger charge is 2.18. The van der Waals surface area contributed by atoms with Crippen LogP contribution in [0.4, 0.5) is 5.82 Å². The van der Waals surface area contributed by atoms with Crippen LogP contribution >= 0.6 is 0 Å². The van der Waals surface area contributed by atoms with E-state index in [1.54, 1.807) is 0 Å². The van der Waals surface area contributed by atoms with Crippen molar-refractivity contribution >= 4 is 22.4 Å². The van der Waals surface area contributed by atoms with Gasteiger partial charge in [-0.1, -0.05) is 32.0 Å². The van der Waals surface area contributed by atoms with E-state index in [0.717, 1.165) is 58.3 Å². The molecule has 7 heteroatoms. The number of para-hydroxylation sites is 1. The van der Waals surface area contributed by atoms with Gasteiger partial charge in [0.15, 0.2) is 17.1 Å². The van der Waals surface area contributed by atoms with Gasteiger partial charge < -0.3 is 19.8 Å². The monoisotopic (exact) mass is 439 g/mol. The fourth-order valence-corrected chi connectivity index (χ4v) is 4.38. The van der Waals surface area contributed by atoms with Crippen molar-refractivity contribution in [1.29, 1.82) is 0 Å². The largest absolute Gasteiger partial charge is 0.454 e. The Kier molecular flexibility index (Phi) is 4.68. The molecule has 1 aliphatic heterocycles. The van der Waals surface area contributed by atoms with Crippen molar-refractivity contribution in [2.75, 3.05) is 18.7 Å². The first kappa shape index (κ1) is 19.7. The van der Waals surface area contributed by atoms with E-state index in [1.807, 2.05) is 28.9 Å². The highest BCUT2D eigenvalue weighted by atomic mass is 16.7. The predicted octanol–water partition coefficient (Wildman–Crippen LogP) is 5.38. The summed E-state index contributed by atoms with van der Waals surface area (Å²) in [5, 5.41) is 9.50. The maximum atomic E-state index is 5.58. The number of nitrogens with one attached hydrogen (secondary N) is 2. The molecule has 3 aromatic heterocycles. The van der Waals surface area contributed by atoms with Crippen LogP contribution < -0.4 is 14.8 Å². The molecule has 0 bridgehead atoms. The van der Waals surface area contributed by atoms with Gasteiger partial charge in [-0.2, -0.15) is 9.61 Å². The van der Waals surface area contributed by atoms with Crippen LogP contribution in [0.1, 0.15) is 30.9 Å². The molecule has 6 rings (SSSR count). The molecule has 166 valence electrons. The molecule has 0 fully saturated rings. The normalized spacial score (nSPS) is 12.8. The van der Waals surface area contributed by atoms with E-state index < -0.39 is 0 Å². The van der Waals surface area contributed by atoms with Crippen LogP contribution in [0.3, 0.4) is 0 Å². The van der Waals surface area contributed by atoms with E-state index in [9.17, 15) is 0 Å². The zero-order valence-corrected chi connectivity index (χ0v) is 18.6. The smallest absolute Gasteiger partial charge is 0.231 e. The molecule has 0 saturated carbocycles. The number of nitrogens with zero attached hydrogens (tertiary/aromatic N) is 3. The number of hydrogen-bond acceptors (Lipinski definition) is 5. The molecule has 0 atom stereocenters. The molecule has 1 aliphatic rings. The van der Waals surface area contributed by atoms with Gasteiger partial charge in [0.05, 0.1) is 11.9 Å². The maximum Gasteiger partial charge on any atom is 0.231 e. The van der Waals surface area contributed by atoms with Gasteiger partial charge in [0.25, 0.3) is 0 Å². The minimum Gasteiger partial charge on any atom is -0.454 e. The van der Waals surface area contributed by atoms with Crippen molar-refractivity contribution in [2.45, 2.75) is 26.2 Å². The number of benzene rings is 2. The van der Waals surface area contributed by atoms with E-state index in [0.29, 0.717) is 5.92 Å². The molecule has 0 spiro atoms. The Morgan fingerprint density at radius 1 is 1.09 bits per heavy atom. The van der Waals surface area contributed by atoms with Crippen LogP contribution in [0, 0.1) is 0 Å². The van der Waals surface area contributed by atoms with Gasteiger partial charge in [0, 0.05) is 40.8 Å². The summed E-state index contributed by atoms with van der Waals surface area (Å²) in [5.41, 5.74) is 6.31. The van der Waals surface area contributed by atoms with Gasteiger partial charge in [0.1, 0.15) is 5.82 Å². The van der Waals surface area contributed by atoms with Crippen molar-refractivity contribution in [1.82, 2.24) is 19.6 Å². The lowest BCUT2D eigenvalue weighted by atomic mass is 10.1. The van der Waals surface area contributed by atoms with E-state index >= 15 is 0 Å². The molecule has 4 heterocycles. The summed E-state index contributed by atoms with van der Waals surface area (Å²) in [5.74, 6) is 2.75. The molecule has 2 N–H and O–H groups in total. The van der Waals surface area contributed by atoms with Crippen LogP contribution in [0.2, 0.25) is 0 Å². The third kappa shape index (κ3) is 3.46. The number of ether oxygens (including phenoxy) is 2. The summed E-state index contributed by atoms with van der Waals surface area (Å²) in [4.78, 5) is 8.33. The van der Waals surface area contributed by atoms with Gasteiger partial charge in [-0.05, 0) is 42.2 Å². The number of aromatic nitrogens is 4. The van der Waals surface area contributed by atoms with Crippen LogP contribution in [-0.4, -0.2) is 32.9 Å². The summed E-state index contributed by atoms with van der Waals surface area (Å²) in [6.07, 6.45) is 4.91. The zero-order valence-electron chi connectivity index (χ0n) is 18.6. The minimum atomic E-state index is 0.256. The summed E-state index contributed by atoms with van der Waals surface area (Å²) in [6.45, 7) is 5.36. The molecular formula is C26H25N5O2. The molecule has 0 aliphatic carbocycles. The van der Waals surface area contributed by atoms with Crippen LogP contribution in [0.25, 0.3) is 27.8 Å². The van der Waals surface area contributed by atoms with Gasteiger partial charge in [-0.3, -0.25) is 0 Å². The van der Waals surface area contributed by atoms with E-state index in [4.69, 9.17) is 14.5 Å². The standard InChI is InChI=1S/C26H25N5O2/c1-16(2)20-14-29-31-25(27-10-9-18-13-28-21-6-4-3-5-19(18)21)12-22(30-26(20)31)17-7-8-23-24(11-17)33-15-32-23/h3-8,11-14,16,27-28H,9-10,15H2,1-2H3. The average Bonchev–Trinajstić information content (AvgIpc) is 3.56. The molecule has 0 radical (unpaired) electrons. The summed E-state index contributed by atoms with van der Waals surface area (Å²) in [6, 6.07) is 16.4. The Hall–Kier alpha value is -4.00. The van der Waals surface area contributed by atoms with E-state index in [2.05, 4.69) is 65.8 Å². The van der Waals surface area contributed by atoms with Crippen molar-refractivity contribution < 1.29 is 9.47 Å². The van der Waals surface area contributed by atoms with Crippen molar-refractivity contribution in [2.24, 2.45) is 0 Å². The Morgan fingerprint density at radius 3 is 2.88 bits per heavy atom. The van der Waals surface area contributed by atoms with Gasteiger partial charge >= 0.3 is 0 Å². The number of anilines is 1. The lowest BCUT2D eigenvalue weighted by Gasteiger charge is -2.12. The fourth-order valence-electron chi connectivity index (χ4n) is 4.38. The topological polar surface area (TPSA) is 76.5 Å². The summed E-state index contributed by atoms with van der Waals surface area (Å²) >= 11 is 0. The second-order valence-electron chi connectivity index (χ2n) is 8.62. The summed E-state index contributed by atoms with van der Waals surface area (Å²) < 4.78 is 13.0.